The summed E-state index contributed by atoms with van der Waals surface area (Å²) in [7, 11) is 0. The van der Waals surface area contributed by atoms with E-state index in [2.05, 4.69) is 16.7 Å². The molecule has 0 radical (unpaired) electrons. The lowest BCUT2D eigenvalue weighted by Gasteiger charge is -2.26. The summed E-state index contributed by atoms with van der Waals surface area (Å²) in [5, 5.41) is 14.5. The van der Waals surface area contributed by atoms with Crippen molar-refractivity contribution in [1.29, 1.82) is 0 Å². The lowest BCUT2D eigenvalue weighted by atomic mass is 9.90. The molecule has 3 N–H and O–H groups in total. The smallest absolute Gasteiger partial charge is 0.319 e. The molecular formula is C17H24N2O3. The zero-order chi connectivity index (χ0) is 16.2. The molecule has 0 heterocycles. The molecule has 1 aliphatic rings. The van der Waals surface area contributed by atoms with Crippen LogP contribution in [-0.2, 0) is 17.6 Å². The quantitative estimate of drug-likeness (QED) is 0.780. The molecule has 1 aromatic carbocycles. The summed E-state index contributed by atoms with van der Waals surface area (Å²) in [6, 6.07) is 5.73. The summed E-state index contributed by atoms with van der Waals surface area (Å²) in [6.07, 6.45) is 4.84. The van der Waals surface area contributed by atoms with E-state index in [1.807, 2.05) is 26.0 Å². The average molecular weight is 304 g/mol. The van der Waals surface area contributed by atoms with Crippen molar-refractivity contribution in [3.8, 4) is 0 Å². The number of aliphatic carboxylic acids is 1. The van der Waals surface area contributed by atoms with Gasteiger partial charge in [0.2, 0.25) is 0 Å². The maximum Gasteiger partial charge on any atom is 0.319 e. The maximum absolute atomic E-state index is 12.2. The second kappa shape index (κ2) is 6.81. The van der Waals surface area contributed by atoms with Gasteiger partial charge < -0.3 is 15.7 Å². The van der Waals surface area contributed by atoms with Gasteiger partial charge in [0.15, 0.2) is 0 Å². The van der Waals surface area contributed by atoms with Crippen molar-refractivity contribution in [2.24, 2.45) is 0 Å². The fourth-order valence-electron chi connectivity index (χ4n) is 2.84. The third-order valence-corrected chi connectivity index (χ3v) is 4.06. The van der Waals surface area contributed by atoms with Gasteiger partial charge in [-0.05, 0) is 63.1 Å². The number of carbonyl (C=O) groups is 2. The van der Waals surface area contributed by atoms with Gasteiger partial charge in [0.05, 0.1) is 0 Å². The number of anilines is 1. The Bertz CT molecular complexity index is 567. The number of carbonyl (C=O) groups excluding carboxylic acids is 1. The minimum Gasteiger partial charge on any atom is -0.481 e. The second-order valence-corrected chi connectivity index (χ2v) is 6.51. The molecule has 0 saturated carbocycles. The molecule has 1 aliphatic carbocycles. The first-order valence-corrected chi connectivity index (χ1v) is 7.79. The lowest BCUT2D eigenvalue weighted by molar-refractivity contribution is -0.137. The number of urea groups is 1. The van der Waals surface area contributed by atoms with Crippen molar-refractivity contribution in [3.63, 3.8) is 0 Å². The lowest BCUT2D eigenvalue weighted by Crippen LogP contribution is -2.45. The Balaban J connectivity index is 1.99. The molecule has 0 aliphatic heterocycles. The Kier molecular flexibility index (Phi) is 5.06. The normalized spacial score (nSPS) is 14.1. The minimum absolute atomic E-state index is 0.0357. The number of nitrogens with one attached hydrogen (secondary N) is 2. The molecule has 0 atom stereocenters. The van der Waals surface area contributed by atoms with Crippen LogP contribution >= 0.6 is 0 Å². The average Bonchev–Trinajstić information content (AvgIpc) is 2.45. The van der Waals surface area contributed by atoms with Gasteiger partial charge in [0, 0.05) is 17.6 Å². The van der Waals surface area contributed by atoms with Gasteiger partial charge in [-0.1, -0.05) is 12.1 Å². The molecule has 1 aromatic rings. The number of carboxylic acids is 1. The van der Waals surface area contributed by atoms with Crippen LogP contribution in [0, 0.1) is 0 Å². The van der Waals surface area contributed by atoms with Crippen LogP contribution < -0.4 is 10.6 Å². The van der Waals surface area contributed by atoms with Gasteiger partial charge in [-0.2, -0.15) is 0 Å². The number of amides is 2. The van der Waals surface area contributed by atoms with E-state index in [1.165, 1.54) is 17.5 Å². The van der Waals surface area contributed by atoms with Crippen molar-refractivity contribution >= 4 is 17.7 Å². The highest BCUT2D eigenvalue weighted by atomic mass is 16.4. The summed E-state index contributed by atoms with van der Waals surface area (Å²) >= 11 is 0. The molecule has 2 amide bonds. The van der Waals surface area contributed by atoms with Crippen LogP contribution in [0.1, 0.15) is 50.7 Å². The number of hydrogen-bond donors (Lipinski definition) is 3. The van der Waals surface area contributed by atoms with Crippen LogP contribution in [-0.4, -0.2) is 22.6 Å². The van der Waals surface area contributed by atoms with E-state index in [9.17, 15) is 9.59 Å². The first-order valence-electron chi connectivity index (χ1n) is 7.79. The highest BCUT2D eigenvalue weighted by Crippen LogP contribution is 2.27. The van der Waals surface area contributed by atoms with Crippen molar-refractivity contribution in [1.82, 2.24) is 5.32 Å². The number of aryl methyl sites for hydroxylation is 1. The van der Waals surface area contributed by atoms with Crippen LogP contribution in [0.15, 0.2) is 18.2 Å². The molecule has 5 nitrogen and oxygen atoms in total. The Morgan fingerprint density at radius 1 is 1.23 bits per heavy atom. The third-order valence-electron chi connectivity index (χ3n) is 4.06. The SMILES string of the molecule is CC(C)(CCC(=O)O)NC(=O)Nc1cccc2c1CCCC2. The van der Waals surface area contributed by atoms with Crippen LogP contribution in [0.5, 0.6) is 0 Å². The number of fused-ring (bicyclic) bond motifs is 1. The first-order chi connectivity index (χ1) is 10.4. The van der Waals surface area contributed by atoms with E-state index in [-0.39, 0.29) is 12.5 Å². The Hall–Kier alpha value is -2.04. The number of rotatable bonds is 5. The van der Waals surface area contributed by atoms with Gasteiger partial charge in [0.25, 0.3) is 0 Å². The van der Waals surface area contributed by atoms with Gasteiger partial charge in [-0.25, -0.2) is 4.79 Å². The standard InChI is InChI=1S/C17H24N2O3/c1-17(2,11-10-15(20)21)19-16(22)18-14-9-5-7-12-6-3-4-8-13(12)14/h5,7,9H,3-4,6,8,10-11H2,1-2H3,(H,20,21)(H2,18,19,22). The van der Waals surface area contributed by atoms with Gasteiger partial charge >= 0.3 is 12.0 Å². The highest BCUT2D eigenvalue weighted by Gasteiger charge is 2.22. The molecule has 0 bridgehead atoms. The van der Waals surface area contributed by atoms with E-state index >= 15 is 0 Å². The minimum atomic E-state index is -0.854. The molecule has 22 heavy (non-hydrogen) atoms. The summed E-state index contributed by atoms with van der Waals surface area (Å²) < 4.78 is 0. The van der Waals surface area contributed by atoms with Crippen LogP contribution in [0.2, 0.25) is 0 Å². The highest BCUT2D eigenvalue weighted by molar-refractivity contribution is 5.90. The molecule has 0 unspecified atom stereocenters. The van der Waals surface area contributed by atoms with Crippen molar-refractivity contribution < 1.29 is 14.7 Å². The topological polar surface area (TPSA) is 78.4 Å². The predicted molar refractivity (Wildman–Crippen MR) is 86.2 cm³/mol. The van der Waals surface area contributed by atoms with Gasteiger partial charge in [0.1, 0.15) is 0 Å². The molecule has 0 aromatic heterocycles. The van der Waals surface area contributed by atoms with Crippen molar-refractivity contribution in [2.45, 2.75) is 57.9 Å². The molecular weight excluding hydrogens is 280 g/mol. The van der Waals surface area contributed by atoms with Crippen LogP contribution in [0.4, 0.5) is 10.5 Å². The van der Waals surface area contributed by atoms with E-state index in [0.29, 0.717) is 6.42 Å². The van der Waals surface area contributed by atoms with Crippen LogP contribution in [0.25, 0.3) is 0 Å². The van der Waals surface area contributed by atoms with E-state index in [1.54, 1.807) is 0 Å². The summed E-state index contributed by atoms with van der Waals surface area (Å²) in [5.41, 5.74) is 2.85. The zero-order valence-electron chi connectivity index (χ0n) is 13.2. The largest absolute Gasteiger partial charge is 0.481 e. The van der Waals surface area contributed by atoms with Gasteiger partial charge in [-0.3, -0.25) is 4.79 Å². The van der Waals surface area contributed by atoms with Crippen molar-refractivity contribution in [2.75, 3.05) is 5.32 Å². The molecule has 5 heteroatoms. The number of benzene rings is 1. The molecule has 2 rings (SSSR count). The summed E-state index contributed by atoms with van der Waals surface area (Å²) in [5.74, 6) is -0.854. The molecule has 0 spiro atoms. The predicted octanol–water partition coefficient (Wildman–Crippen LogP) is 3.33. The molecule has 0 fully saturated rings. The Morgan fingerprint density at radius 2 is 1.95 bits per heavy atom. The Morgan fingerprint density at radius 3 is 2.68 bits per heavy atom. The summed E-state index contributed by atoms with van der Waals surface area (Å²) in [4.78, 5) is 22.8. The fourth-order valence-corrected chi connectivity index (χ4v) is 2.84. The van der Waals surface area contributed by atoms with Gasteiger partial charge in [-0.15, -0.1) is 0 Å². The van der Waals surface area contributed by atoms with E-state index in [0.717, 1.165) is 24.9 Å². The zero-order valence-corrected chi connectivity index (χ0v) is 13.2. The monoisotopic (exact) mass is 304 g/mol. The number of hydrogen-bond acceptors (Lipinski definition) is 2. The van der Waals surface area contributed by atoms with Crippen LogP contribution in [0.3, 0.4) is 0 Å². The Labute approximate surface area is 131 Å². The fraction of sp³-hybridized carbons (Fsp3) is 0.529. The van der Waals surface area contributed by atoms with Crippen molar-refractivity contribution in [3.05, 3.63) is 29.3 Å². The van der Waals surface area contributed by atoms with E-state index < -0.39 is 11.5 Å². The maximum atomic E-state index is 12.2. The summed E-state index contributed by atoms with van der Waals surface area (Å²) in [6.45, 7) is 3.66. The molecule has 120 valence electrons. The second-order valence-electron chi connectivity index (χ2n) is 6.51. The third kappa shape index (κ3) is 4.48. The molecule has 0 saturated heterocycles. The first kappa shape index (κ1) is 16.3. The number of carboxylic acid groups (broad SMARTS) is 1. The van der Waals surface area contributed by atoms with E-state index in [4.69, 9.17) is 5.11 Å².